The van der Waals surface area contributed by atoms with E-state index in [0.29, 0.717) is 11.4 Å². The molecule has 0 unspecified atom stereocenters. The van der Waals surface area contributed by atoms with Crippen LogP contribution in [0, 0.1) is 22.9 Å². The summed E-state index contributed by atoms with van der Waals surface area (Å²) in [6, 6.07) is 3.27. The highest BCUT2D eigenvalue weighted by Crippen LogP contribution is 2.18. The summed E-state index contributed by atoms with van der Waals surface area (Å²) in [7, 11) is 1.24. The molecule has 2 rings (SSSR count). The summed E-state index contributed by atoms with van der Waals surface area (Å²) in [6.45, 7) is 1.75. The second-order valence-corrected chi connectivity index (χ2v) is 4.34. The lowest BCUT2D eigenvalue weighted by molar-refractivity contribution is -0.385. The Morgan fingerprint density at radius 1 is 1.48 bits per heavy atom. The number of methoxy groups -OCH3 is 1. The van der Waals surface area contributed by atoms with E-state index in [1.165, 1.54) is 30.0 Å². The Morgan fingerprint density at radius 2 is 2.19 bits per heavy atom. The van der Waals surface area contributed by atoms with Crippen LogP contribution < -0.4 is 0 Å². The zero-order valence-electron chi connectivity index (χ0n) is 11.4. The largest absolute Gasteiger partial charge is 0.464 e. The minimum Gasteiger partial charge on any atom is -0.464 e. The smallest absolute Gasteiger partial charge is 0.356 e. The number of esters is 1. The molecule has 0 atom stereocenters. The van der Waals surface area contributed by atoms with Crippen LogP contribution in [0.25, 0.3) is 0 Å². The molecule has 110 valence electrons. The molecule has 0 aliphatic rings. The van der Waals surface area contributed by atoms with Gasteiger partial charge in [-0.2, -0.15) is 0 Å². The van der Waals surface area contributed by atoms with Gasteiger partial charge in [-0.05, 0) is 18.6 Å². The molecule has 2 aromatic rings. The summed E-state index contributed by atoms with van der Waals surface area (Å²) in [6.07, 6.45) is 1.34. The van der Waals surface area contributed by atoms with Gasteiger partial charge < -0.3 is 9.30 Å². The van der Waals surface area contributed by atoms with Crippen LogP contribution in [-0.2, 0) is 11.3 Å². The van der Waals surface area contributed by atoms with E-state index in [4.69, 9.17) is 0 Å². The molecule has 0 N–H and O–H groups in total. The highest BCUT2D eigenvalue weighted by molar-refractivity contribution is 5.87. The van der Waals surface area contributed by atoms with Crippen LogP contribution in [0.15, 0.2) is 24.4 Å². The van der Waals surface area contributed by atoms with Crippen molar-refractivity contribution in [2.45, 2.75) is 13.5 Å². The van der Waals surface area contributed by atoms with Crippen LogP contribution in [0.1, 0.15) is 21.9 Å². The molecule has 0 saturated heterocycles. The molecule has 8 heteroatoms. The van der Waals surface area contributed by atoms with Crippen LogP contribution in [0.3, 0.4) is 0 Å². The monoisotopic (exact) mass is 293 g/mol. The zero-order valence-corrected chi connectivity index (χ0v) is 11.4. The van der Waals surface area contributed by atoms with Crippen LogP contribution >= 0.6 is 0 Å². The first-order valence-corrected chi connectivity index (χ1v) is 5.96. The average Bonchev–Trinajstić information content (AvgIpc) is 2.79. The van der Waals surface area contributed by atoms with Crippen molar-refractivity contribution in [3.05, 3.63) is 57.4 Å². The Morgan fingerprint density at radius 3 is 2.81 bits per heavy atom. The number of rotatable bonds is 4. The third-order valence-electron chi connectivity index (χ3n) is 2.94. The van der Waals surface area contributed by atoms with E-state index in [1.807, 2.05) is 0 Å². The highest BCUT2D eigenvalue weighted by Gasteiger charge is 2.17. The Balaban J connectivity index is 2.41. The van der Waals surface area contributed by atoms with E-state index in [1.54, 1.807) is 6.92 Å². The van der Waals surface area contributed by atoms with Gasteiger partial charge in [-0.1, -0.05) is 0 Å². The van der Waals surface area contributed by atoms with Gasteiger partial charge in [-0.25, -0.2) is 14.2 Å². The SMILES string of the molecule is COC(=O)c1cnc(C)n1Cc1cc(F)cc([N+](=O)[O-])c1. The van der Waals surface area contributed by atoms with E-state index in [-0.39, 0.29) is 17.9 Å². The first-order chi connectivity index (χ1) is 9.92. The maximum absolute atomic E-state index is 13.4. The topological polar surface area (TPSA) is 87.3 Å². The average molecular weight is 293 g/mol. The number of carbonyl (C=O) groups is 1. The Hall–Kier alpha value is -2.77. The predicted molar refractivity (Wildman–Crippen MR) is 70.5 cm³/mol. The number of aromatic nitrogens is 2. The molecule has 0 amide bonds. The quantitative estimate of drug-likeness (QED) is 0.489. The number of imidazole rings is 1. The number of ether oxygens (including phenoxy) is 1. The van der Waals surface area contributed by atoms with E-state index in [2.05, 4.69) is 9.72 Å². The van der Waals surface area contributed by atoms with Crippen LogP contribution in [0.4, 0.5) is 10.1 Å². The molecule has 0 aliphatic carbocycles. The second-order valence-electron chi connectivity index (χ2n) is 4.34. The van der Waals surface area contributed by atoms with Crippen molar-refractivity contribution in [3.8, 4) is 0 Å². The number of halogens is 1. The van der Waals surface area contributed by atoms with Gasteiger partial charge in [0.05, 0.1) is 24.3 Å². The van der Waals surface area contributed by atoms with E-state index in [0.717, 1.165) is 6.07 Å². The third kappa shape index (κ3) is 3.04. The molecule has 1 aromatic heterocycles. The number of hydrogen-bond acceptors (Lipinski definition) is 5. The molecule has 1 heterocycles. The molecule has 1 aromatic carbocycles. The van der Waals surface area contributed by atoms with E-state index in [9.17, 15) is 19.3 Å². The van der Waals surface area contributed by atoms with Gasteiger partial charge in [0.2, 0.25) is 0 Å². The molecule has 0 radical (unpaired) electrons. The van der Waals surface area contributed by atoms with Crippen molar-refractivity contribution in [1.29, 1.82) is 0 Å². The maximum Gasteiger partial charge on any atom is 0.356 e. The standard InChI is InChI=1S/C13H12FN3O4/c1-8-15-6-12(13(18)21-2)16(8)7-9-3-10(14)5-11(4-9)17(19)20/h3-6H,7H2,1-2H3. The minimum absolute atomic E-state index is 0.0782. The van der Waals surface area contributed by atoms with Gasteiger partial charge in [0.15, 0.2) is 0 Å². The highest BCUT2D eigenvalue weighted by atomic mass is 19.1. The predicted octanol–water partition coefficient (Wildman–Crippen LogP) is 2.07. The van der Waals surface area contributed by atoms with Crippen LogP contribution in [0.2, 0.25) is 0 Å². The van der Waals surface area contributed by atoms with Crippen molar-refractivity contribution >= 4 is 11.7 Å². The summed E-state index contributed by atoms with van der Waals surface area (Å²) in [5.74, 6) is -0.777. The van der Waals surface area contributed by atoms with Gasteiger partial charge in [0, 0.05) is 12.6 Å². The summed E-state index contributed by atoms with van der Waals surface area (Å²) in [5.41, 5.74) is 0.206. The third-order valence-corrected chi connectivity index (χ3v) is 2.94. The zero-order chi connectivity index (χ0) is 15.6. The lowest BCUT2D eigenvalue weighted by Crippen LogP contribution is -2.13. The van der Waals surface area contributed by atoms with Crippen molar-refractivity contribution in [2.75, 3.05) is 7.11 Å². The van der Waals surface area contributed by atoms with Gasteiger partial charge >= 0.3 is 5.97 Å². The number of aryl methyl sites for hydroxylation is 1. The molecule has 0 aliphatic heterocycles. The molecule has 0 spiro atoms. The number of hydrogen-bond donors (Lipinski definition) is 0. The lowest BCUT2D eigenvalue weighted by Gasteiger charge is -2.09. The van der Waals surface area contributed by atoms with Gasteiger partial charge in [-0.15, -0.1) is 0 Å². The van der Waals surface area contributed by atoms with Crippen LogP contribution in [-0.4, -0.2) is 27.6 Å². The van der Waals surface area contributed by atoms with Gasteiger partial charge in [0.1, 0.15) is 17.3 Å². The molecule has 0 fully saturated rings. The fourth-order valence-electron chi connectivity index (χ4n) is 1.95. The number of nitro benzene ring substituents is 1. The number of benzene rings is 1. The van der Waals surface area contributed by atoms with Crippen molar-refractivity contribution in [1.82, 2.24) is 9.55 Å². The normalized spacial score (nSPS) is 10.4. The summed E-state index contributed by atoms with van der Waals surface area (Å²) in [5, 5.41) is 10.7. The summed E-state index contributed by atoms with van der Waals surface area (Å²) < 4.78 is 19.6. The van der Waals surface area contributed by atoms with Crippen molar-refractivity contribution in [2.24, 2.45) is 0 Å². The lowest BCUT2D eigenvalue weighted by atomic mass is 10.2. The molecule has 21 heavy (non-hydrogen) atoms. The number of nitrogens with zero attached hydrogens (tertiary/aromatic N) is 3. The van der Waals surface area contributed by atoms with E-state index < -0.39 is 16.7 Å². The van der Waals surface area contributed by atoms with Gasteiger partial charge in [-0.3, -0.25) is 10.1 Å². The molecular formula is C13H12FN3O4. The number of nitro groups is 1. The fourth-order valence-corrected chi connectivity index (χ4v) is 1.95. The van der Waals surface area contributed by atoms with E-state index >= 15 is 0 Å². The number of non-ortho nitro benzene ring substituents is 1. The van der Waals surface area contributed by atoms with Gasteiger partial charge in [0.25, 0.3) is 5.69 Å². The van der Waals surface area contributed by atoms with Crippen molar-refractivity contribution < 1.29 is 18.8 Å². The molecule has 7 nitrogen and oxygen atoms in total. The molecular weight excluding hydrogens is 281 g/mol. The maximum atomic E-state index is 13.4. The van der Waals surface area contributed by atoms with Crippen molar-refractivity contribution in [3.63, 3.8) is 0 Å². The fraction of sp³-hybridized carbons (Fsp3) is 0.231. The Bertz CT molecular complexity index is 711. The number of carbonyl (C=O) groups excluding carboxylic acids is 1. The second kappa shape index (κ2) is 5.70. The first-order valence-electron chi connectivity index (χ1n) is 5.96. The summed E-state index contributed by atoms with van der Waals surface area (Å²) in [4.78, 5) is 25.7. The van der Waals surface area contributed by atoms with Crippen LogP contribution in [0.5, 0.6) is 0 Å². The molecule has 0 bridgehead atoms. The Labute approximate surface area is 119 Å². The minimum atomic E-state index is -0.711. The Kier molecular flexibility index (Phi) is 3.97. The summed E-state index contributed by atoms with van der Waals surface area (Å²) >= 11 is 0. The first kappa shape index (κ1) is 14.6. The molecule has 0 saturated carbocycles.